The van der Waals surface area contributed by atoms with Gasteiger partial charge in [0.25, 0.3) is 5.91 Å². The van der Waals surface area contributed by atoms with Gasteiger partial charge in [0.2, 0.25) is 5.91 Å². The van der Waals surface area contributed by atoms with Crippen LogP contribution in [0.3, 0.4) is 0 Å². The third-order valence-corrected chi connectivity index (χ3v) is 4.38. The van der Waals surface area contributed by atoms with Crippen molar-refractivity contribution in [1.82, 2.24) is 9.80 Å². The number of amides is 2. The molecule has 1 fully saturated rings. The molecule has 1 saturated heterocycles. The first-order chi connectivity index (χ1) is 13.8. The molecule has 8 nitrogen and oxygen atoms in total. The zero-order chi connectivity index (χ0) is 21.4. The van der Waals surface area contributed by atoms with Crippen LogP contribution in [0.2, 0.25) is 0 Å². The van der Waals surface area contributed by atoms with E-state index in [0.717, 1.165) is 5.56 Å². The Balaban J connectivity index is 1.83. The van der Waals surface area contributed by atoms with Crippen LogP contribution in [-0.2, 0) is 19.1 Å². The van der Waals surface area contributed by atoms with E-state index in [1.807, 2.05) is 13.8 Å². The molecule has 158 valence electrons. The number of carbonyl (C=O) groups excluding carboxylic acids is 3. The topological polar surface area (TPSA) is 85.4 Å². The molecule has 1 aliphatic heterocycles. The van der Waals surface area contributed by atoms with Gasteiger partial charge < -0.3 is 24.0 Å². The second kappa shape index (κ2) is 10.5. The number of methoxy groups -OCH3 is 1. The summed E-state index contributed by atoms with van der Waals surface area (Å²) in [5, 5.41) is 0. The van der Waals surface area contributed by atoms with Crippen LogP contribution < -0.4 is 9.47 Å². The van der Waals surface area contributed by atoms with Gasteiger partial charge in [0.1, 0.15) is 0 Å². The van der Waals surface area contributed by atoms with Crippen LogP contribution in [0.1, 0.15) is 26.3 Å². The highest BCUT2D eigenvalue weighted by Crippen LogP contribution is 2.29. The molecule has 1 aromatic rings. The van der Waals surface area contributed by atoms with E-state index in [1.54, 1.807) is 41.2 Å². The monoisotopic (exact) mass is 404 g/mol. The first-order valence-electron chi connectivity index (χ1n) is 9.53. The smallest absolute Gasteiger partial charge is 0.331 e. The van der Waals surface area contributed by atoms with E-state index in [0.29, 0.717) is 37.7 Å². The fraction of sp³-hybridized carbons (Fsp3) is 0.476. The summed E-state index contributed by atoms with van der Waals surface area (Å²) in [6, 6.07) is 5.32. The van der Waals surface area contributed by atoms with Crippen LogP contribution in [0.25, 0.3) is 6.08 Å². The minimum Gasteiger partial charge on any atom is -0.493 e. The Morgan fingerprint density at radius 3 is 2.31 bits per heavy atom. The fourth-order valence-electron chi connectivity index (χ4n) is 2.85. The number of nitrogens with zero attached hydrogens (tertiary/aromatic N) is 2. The predicted molar refractivity (Wildman–Crippen MR) is 108 cm³/mol. The lowest BCUT2D eigenvalue weighted by Crippen LogP contribution is -2.51. The van der Waals surface area contributed by atoms with Gasteiger partial charge in [-0.15, -0.1) is 0 Å². The average molecular weight is 404 g/mol. The number of ether oxygens (including phenoxy) is 3. The summed E-state index contributed by atoms with van der Waals surface area (Å²) in [7, 11) is 1.55. The summed E-state index contributed by atoms with van der Waals surface area (Å²) < 4.78 is 16.0. The summed E-state index contributed by atoms with van der Waals surface area (Å²) in [5.41, 5.74) is 0.738. The molecule has 1 aliphatic rings. The van der Waals surface area contributed by atoms with Gasteiger partial charge >= 0.3 is 5.97 Å². The van der Waals surface area contributed by atoms with E-state index in [9.17, 15) is 14.4 Å². The first kappa shape index (κ1) is 22.3. The summed E-state index contributed by atoms with van der Waals surface area (Å²) in [6.45, 7) is 6.90. The van der Waals surface area contributed by atoms with Crippen molar-refractivity contribution in [2.45, 2.75) is 26.9 Å². The predicted octanol–water partition coefficient (Wildman–Crippen LogP) is 1.73. The van der Waals surface area contributed by atoms with Crippen molar-refractivity contribution in [3.8, 4) is 11.5 Å². The Morgan fingerprint density at radius 1 is 1.07 bits per heavy atom. The van der Waals surface area contributed by atoms with Crippen LogP contribution in [0.5, 0.6) is 11.5 Å². The van der Waals surface area contributed by atoms with Crippen LogP contribution >= 0.6 is 0 Å². The maximum atomic E-state index is 12.2. The van der Waals surface area contributed by atoms with Gasteiger partial charge in [0.05, 0.1) is 13.2 Å². The van der Waals surface area contributed by atoms with Crippen molar-refractivity contribution in [2.24, 2.45) is 0 Å². The van der Waals surface area contributed by atoms with Gasteiger partial charge in [-0.1, -0.05) is 6.07 Å². The summed E-state index contributed by atoms with van der Waals surface area (Å²) >= 11 is 0. The molecule has 0 spiro atoms. The molecular weight excluding hydrogens is 376 g/mol. The Hall–Kier alpha value is -3.03. The highest BCUT2D eigenvalue weighted by Gasteiger charge is 2.22. The summed E-state index contributed by atoms with van der Waals surface area (Å²) in [4.78, 5) is 38.7. The van der Waals surface area contributed by atoms with Crippen molar-refractivity contribution >= 4 is 23.9 Å². The number of benzene rings is 1. The maximum Gasteiger partial charge on any atom is 0.331 e. The van der Waals surface area contributed by atoms with E-state index < -0.39 is 5.97 Å². The summed E-state index contributed by atoms with van der Waals surface area (Å²) in [5.74, 6) is 0.301. The molecule has 1 heterocycles. The second-order valence-corrected chi connectivity index (χ2v) is 6.90. The zero-order valence-corrected chi connectivity index (χ0v) is 17.3. The number of rotatable bonds is 7. The van der Waals surface area contributed by atoms with Gasteiger partial charge in [-0.2, -0.15) is 0 Å². The molecular formula is C21H28N2O6. The second-order valence-electron chi connectivity index (χ2n) is 6.90. The Morgan fingerprint density at radius 2 is 1.72 bits per heavy atom. The van der Waals surface area contributed by atoms with Gasteiger partial charge in [-0.05, 0) is 37.6 Å². The molecule has 8 heteroatoms. The number of carbonyl (C=O) groups is 3. The number of esters is 1. The Bertz CT molecular complexity index is 766. The van der Waals surface area contributed by atoms with E-state index in [4.69, 9.17) is 14.2 Å². The van der Waals surface area contributed by atoms with E-state index in [-0.39, 0.29) is 24.5 Å². The SMILES string of the molecule is COc1cc(/C=C/C(=O)OCC(=O)N2CCN(C(C)=O)CC2)ccc1OC(C)C. The normalized spacial score (nSPS) is 14.2. The standard InChI is InChI=1S/C21H28N2O6/c1-15(2)29-18-7-5-17(13-19(18)27-4)6-8-21(26)28-14-20(25)23-11-9-22(10-12-23)16(3)24/h5-8,13,15H,9-12,14H2,1-4H3/b8-6+. The average Bonchev–Trinajstić information content (AvgIpc) is 2.70. The molecule has 0 N–H and O–H groups in total. The van der Waals surface area contributed by atoms with Crippen molar-refractivity contribution in [1.29, 1.82) is 0 Å². The van der Waals surface area contributed by atoms with Gasteiger partial charge in [0, 0.05) is 39.2 Å². The van der Waals surface area contributed by atoms with Crippen molar-refractivity contribution in [3.05, 3.63) is 29.8 Å². The number of hydrogen-bond acceptors (Lipinski definition) is 6. The molecule has 0 saturated carbocycles. The molecule has 2 amide bonds. The molecule has 0 unspecified atom stereocenters. The van der Waals surface area contributed by atoms with Gasteiger partial charge in [-0.3, -0.25) is 9.59 Å². The number of piperazine rings is 1. The van der Waals surface area contributed by atoms with Crippen molar-refractivity contribution in [2.75, 3.05) is 39.9 Å². The van der Waals surface area contributed by atoms with Crippen molar-refractivity contribution in [3.63, 3.8) is 0 Å². The molecule has 0 aromatic heterocycles. The molecule has 0 atom stereocenters. The minimum absolute atomic E-state index is 0.00547. The number of hydrogen-bond donors (Lipinski definition) is 0. The molecule has 0 aliphatic carbocycles. The molecule has 0 radical (unpaired) electrons. The minimum atomic E-state index is -0.609. The van der Waals surface area contributed by atoms with Crippen LogP contribution in [0.15, 0.2) is 24.3 Å². The van der Waals surface area contributed by atoms with Gasteiger partial charge in [-0.25, -0.2) is 4.79 Å². The highest BCUT2D eigenvalue weighted by atomic mass is 16.5. The lowest BCUT2D eigenvalue weighted by Gasteiger charge is -2.34. The lowest BCUT2D eigenvalue weighted by molar-refractivity contribution is -0.149. The van der Waals surface area contributed by atoms with Crippen molar-refractivity contribution < 1.29 is 28.6 Å². The van der Waals surface area contributed by atoms with Crippen LogP contribution in [0, 0.1) is 0 Å². The maximum absolute atomic E-state index is 12.2. The highest BCUT2D eigenvalue weighted by molar-refractivity contribution is 5.89. The lowest BCUT2D eigenvalue weighted by atomic mass is 10.2. The van der Waals surface area contributed by atoms with E-state index >= 15 is 0 Å². The zero-order valence-electron chi connectivity index (χ0n) is 17.3. The molecule has 1 aromatic carbocycles. The summed E-state index contributed by atoms with van der Waals surface area (Å²) in [6.07, 6.45) is 2.86. The van der Waals surface area contributed by atoms with Gasteiger partial charge in [0.15, 0.2) is 18.1 Å². The van der Waals surface area contributed by atoms with Crippen LogP contribution in [-0.4, -0.2) is 73.6 Å². The molecule has 0 bridgehead atoms. The molecule has 2 rings (SSSR count). The fourth-order valence-corrected chi connectivity index (χ4v) is 2.85. The Labute approximate surface area is 171 Å². The quantitative estimate of drug-likeness (QED) is 0.508. The largest absolute Gasteiger partial charge is 0.493 e. The third kappa shape index (κ3) is 6.81. The van der Waals surface area contributed by atoms with Crippen LogP contribution in [0.4, 0.5) is 0 Å². The van der Waals surface area contributed by atoms with E-state index in [2.05, 4.69) is 0 Å². The molecule has 29 heavy (non-hydrogen) atoms. The Kier molecular flexibility index (Phi) is 8.06. The first-order valence-corrected chi connectivity index (χ1v) is 9.53. The third-order valence-electron chi connectivity index (χ3n) is 4.38. The van der Waals surface area contributed by atoms with E-state index in [1.165, 1.54) is 13.0 Å².